The van der Waals surface area contributed by atoms with E-state index in [1.165, 1.54) is 32.1 Å². The van der Waals surface area contributed by atoms with Gasteiger partial charge in [-0.2, -0.15) is 9.78 Å². The summed E-state index contributed by atoms with van der Waals surface area (Å²) in [5, 5.41) is 0. The van der Waals surface area contributed by atoms with Gasteiger partial charge in [-0.3, -0.25) is 10.2 Å². The number of hydrazine groups is 1. The number of ether oxygens (including phenoxy) is 1. The molecule has 0 atom stereocenters. The highest BCUT2D eigenvalue weighted by atomic mass is 17.3. The minimum absolute atomic E-state index is 0.0852. The number of carbonyl (C=O) groups is 1. The van der Waals surface area contributed by atoms with E-state index in [1.54, 1.807) is 0 Å². The van der Waals surface area contributed by atoms with Crippen LogP contribution in [0, 0.1) is 29.6 Å². The van der Waals surface area contributed by atoms with Gasteiger partial charge in [0.1, 0.15) is 0 Å². The first-order chi connectivity index (χ1) is 11.6. The Balaban J connectivity index is 1.27. The predicted octanol–water partition coefficient (Wildman–Crippen LogP) is 2.38. The molecule has 1 amide bonds. The molecule has 6 aliphatic rings. The summed E-state index contributed by atoms with van der Waals surface area (Å²) in [4.78, 5) is 23.4. The topological polar surface area (TPSA) is 82.8 Å². The van der Waals surface area contributed by atoms with E-state index < -0.39 is 11.6 Å². The first kappa shape index (κ1) is 15.6. The maximum Gasteiger partial charge on any atom is 0.234 e. The molecule has 6 nitrogen and oxygen atoms in total. The van der Waals surface area contributed by atoms with Gasteiger partial charge in [0.25, 0.3) is 0 Å². The number of nitrogens with one attached hydrogen (secondary N) is 1. The van der Waals surface area contributed by atoms with Gasteiger partial charge in [0.05, 0.1) is 0 Å². The molecule has 4 bridgehead atoms. The Morgan fingerprint density at radius 1 is 1.00 bits per heavy atom. The van der Waals surface area contributed by atoms with Crippen LogP contribution >= 0.6 is 0 Å². The summed E-state index contributed by atoms with van der Waals surface area (Å²) in [6.07, 6.45) is 10.3. The molecular formula is C18H28N2O4. The van der Waals surface area contributed by atoms with E-state index in [1.807, 2.05) is 0 Å². The number of carbonyl (C=O) groups excluding carboxylic acids is 1. The first-order valence-corrected chi connectivity index (χ1v) is 9.67. The van der Waals surface area contributed by atoms with Gasteiger partial charge in [-0.15, -0.1) is 0 Å². The van der Waals surface area contributed by atoms with Crippen molar-refractivity contribution in [2.75, 3.05) is 0 Å². The second-order valence-electron chi connectivity index (χ2n) is 8.92. The van der Waals surface area contributed by atoms with E-state index in [9.17, 15) is 4.79 Å². The van der Waals surface area contributed by atoms with E-state index in [2.05, 4.69) is 5.43 Å². The summed E-state index contributed by atoms with van der Waals surface area (Å²) >= 11 is 0. The average Bonchev–Trinajstić information content (AvgIpc) is 2.95. The number of hydrogen-bond donors (Lipinski definition) is 2. The van der Waals surface area contributed by atoms with Crippen molar-refractivity contribution in [2.45, 2.75) is 75.8 Å². The maximum atomic E-state index is 11.5. The maximum absolute atomic E-state index is 11.5. The Morgan fingerprint density at radius 2 is 1.62 bits per heavy atom. The van der Waals surface area contributed by atoms with Crippen molar-refractivity contribution < 1.29 is 19.3 Å². The fourth-order valence-corrected chi connectivity index (χ4v) is 6.44. The Hall–Kier alpha value is -0.690. The van der Waals surface area contributed by atoms with Crippen LogP contribution in [0.3, 0.4) is 0 Å². The van der Waals surface area contributed by atoms with Crippen LogP contribution < -0.4 is 11.3 Å². The third kappa shape index (κ3) is 2.26. The Labute approximate surface area is 142 Å². The molecule has 6 rings (SSSR count). The highest BCUT2D eigenvalue weighted by Gasteiger charge is 2.66. The van der Waals surface area contributed by atoms with Crippen molar-refractivity contribution in [1.29, 1.82) is 0 Å². The lowest BCUT2D eigenvalue weighted by molar-refractivity contribution is -0.390. The molecule has 5 saturated carbocycles. The third-order valence-corrected chi connectivity index (χ3v) is 7.45. The molecule has 0 unspecified atom stereocenters. The zero-order chi connectivity index (χ0) is 16.4. The van der Waals surface area contributed by atoms with Crippen molar-refractivity contribution in [3.63, 3.8) is 0 Å². The summed E-state index contributed by atoms with van der Waals surface area (Å²) in [6, 6.07) is 0. The molecule has 1 saturated heterocycles. The van der Waals surface area contributed by atoms with Crippen LogP contribution in [0.15, 0.2) is 0 Å². The van der Waals surface area contributed by atoms with Crippen molar-refractivity contribution in [2.24, 2.45) is 35.4 Å². The summed E-state index contributed by atoms with van der Waals surface area (Å²) in [5.74, 6) is 7.20. The van der Waals surface area contributed by atoms with Crippen LogP contribution in [0.1, 0.15) is 64.2 Å². The Kier molecular flexibility index (Phi) is 3.50. The molecule has 24 heavy (non-hydrogen) atoms. The summed E-state index contributed by atoms with van der Waals surface area (Å²) in [5.41, 5.74) is 2.23. The second kappa shape index (κ2) is 5.40. The van der Waals surface area contributed by atoms with Crippen LogP contribution in [0.2, 0.25) is 0 Å². The monoisotopic (exact) mass is 336 g/mol. The summed E-state index contributed by atoms with van der Waals surface area (Å²) in [7, 11) is 0. The molecule has 0 aromatic rings. The molecule has 2 spiro atoms. The van der Waals surface area contributed by atoms with E-state index in [4.69, 9.17) is 20.4 Å². The molecule has 6 heteroatoms. The fourth-order valence-electron chi connectivity index (χ4n) is 6.44. The van der Waals surface area contributed by atoms with E-state index in [0.29, 0.717) is 24.2 Å². The highest BCUT2D eigenvalue weighted by Crippen LogP contribution is 2.63. The number of hydrogen-bond acceptors (Lipinski definition) is 5. The SMILES string of the molecule is NNC(=O)CC1CCC2(CC1)OOC1(O2)C2CC3CC(C2)CC1C3. The second-order valence-corrected chi connectivity index (χ2v) is 8.92. The first-order valence-electron chi connectivity index (χ1n) is 9.67. The molecule has 0 radical (unpaired) electrons. The zero-order valence-electron chi connectivity index (χ0n) is 14.2. The quantitative estimate of drug-likeness (QED) is 0.350. The highest BCUT2D eigenvalue weighted by molar-refractivity contribution is 5.75. The fraction of sp³-hybridized carbons (Fsp3) is 0.944. The van der Waals surface area contributed by atoms with Crippen molar-refractivity contribution >= 4 is 5.91 Å². The van der Waals surface area contributed by atoms with Gasteiger partial charge in [0.15, 0.2) is 0 Å². The minimum Gasteiger partial charge on any atom is -0.312 e. The van der Waals surface area contributed by atoms with Crippen LogP contribution in [-0.4, -0.2) is 17.5 Å². The van der Waals surface area contributed by atoms with Gasteiger partial charge in [-0.05, 0) is 62.7 Å². The smallest absolute Gasteiger partial charge is 0.234 e. The average molecular weight is 336 g/mol. The van der Waals surface area contributed by atoms with Gasteiger partial charge >= 0.3 is 0 Å². The molecule has 134 valence electrons. The van der Waals surface area contributed by atoms with Crippen LogP contribution in [0.25, 0.3) is 0 Å². The number of nitrogens with two attached hydrogens (primary N) is 1. The summed E-state index contributed by atoms with van der Waals surface area (Å²) in [6.45, 7) is 0. The van der Waals surface area contributed by atoms with Crippen molar-refractivity contribution in [3.05, 3.63) is 0 Å². The van der Waals surface area contributed by atoms with Gasteiger partial charge < -0.3 is 4.74 Å². The molecule has 3 N–H and O–H groups in total. The lowest BCUT2D eigenvalue weighted by atomic mass is 9.53. The molecule has 0 aromatic heterocycles. The van der Waals surface area contributed by atoms with Gasteiger partial charge in [-0.1, -0.05) is 0 Å². The van der Waals surface area contributed by atoms with Gasteiger partial charge in [-0.25, -0.2) is 5.84 Å². The van der Waals surface area contributed by atoms with Gasteiger partial charge in [0, 0.05) is 31.1 Å². The Bertz CT molecular complexity index is 501. The number of amides is 1. The van der Waals surface area contributed by atoms with E-state index in [0.717, 1.165) is 37.5 Å². The predicted molar refractivity (Wildman–Crippen MR) is 84.7 cm³/mol. The van der Waals surface area contributed by atoms with Crippen LogP contribution in [0.4, 0.5) is 0 Å². The van der Waals surface area contributed by atoms with Crippen molar-refractivity contribution in [3.8, 4) is 0 Å². The lowest BCUT2D eigenvalue weighted by Crippen LogP contribution is -2.59. The zero-order valence-corrected chi connectivity index (χ0v) is 14.2. The third-order valence-electron chi connectivity index (χ3n) is 7.45. The van der Waals surface area contributed by atoms with Crippen LogP contribution in [-0.2, 0) is 19.3 Å². The van der Waals surface area contributed by atoms with E-state index >= 15 is 0 Å². The normalized spacial score (nSPS) is 52.3. The molecule has 6 fully saturated rings. The summed E-state index contributed by atoms with van der Waals surface area (Å²) < 4.78 is 6.66. The molecule has 0 aromatic carbocycles. The largest absolute Gasteiger partial charge is 0.312 e. The Morgan fingerprint density at radius 3 is 2.21 bits per heavy atom. The lowest BCUT2D eigenvalue weighted by Gasteiger charge is -2.57. The van der Waals surface area contributed by atoms with E-state index in [-0.39, 0.29) is 5.91 Å². The standard InChI is InChI=1S/C18H28N2O4/c19-20-16(21)10-11-1-3-17(4-2-11)22-18(24-23-17)14-6-12-5-13(8-14)9-15(18)7-12/h11-15H,1-10,19H2,(H,20,21). The number of rotatable bonds is 2. The molecular weight excluding hydrogens is 308 g/mol. The van der Waals surface area contributed by atoms with Crippen LogP contribution in [0.5, 0.6) is 0 Å². The van der Waals surface area contributed by atoms with Crippen molar-refractivity contribution in [1.82, 2.24) is 5.43 Å². The van der Waals surface area contributed by atoms with Gasteiger partial charge in [0.2, 0.25) is 17.5 Å². The molecule has 1 heterocycles. The molecule has 1 aliphatic heterocycles. The minimum atomic E-state index is -0.578. The molecule has 5 aliphatic carbocycles.